The number of piperidine rings is 1. The second kappa shape index (κ2) is 14.1. The molecule has 0 amide bonds. The Balaban J connectivity index is 1.07. The third kappa shape index (κ3) is 8.15. The molecule has 0 N–H and O–H groups in total. The molecule has 0 spiro atoms. The zero-order valence-electron chi connectivity index (χ0n) is 24.7. The molecule has 41 heavy (non-hydrogen) atoms. The molecule has 2 aliphatic rings. The molecule has 2 aliphatic heterocycles. The summed E-state index contributed by atoms with van der Waals surface area (Å²) in [7, 11) is 0. The second-order valence-corrected chi connectivity index (χ2v) is 11.9. The number of hydrogen-bond acceptors (Lipinski definition) is 5. The number of rotatable bonds is 10. The first kappa shape index (κ1) is 29.2. The standard InChI is InChI=1S/C36H44N2O3/c1-27-8-3-4-10-33(27)25-37-20-16-29(17-21-37)9-7-12-35(40)32-15-14-30-18-22-38(23-19-31(30)24-32)26-34-11-5-6-13-36(34)41-28(2)39/h3-6,8,10-11,13-15,24,29H,7,9,12,16-23,25-26H2,1-2H3. The van der Waals surface area contributed by atoms with Crippen LogP contribution >= 0.6 is 0 Å². The van der Waals surface area contributed by atoms with Gasteiger partial charge in [-0.05, 0) is 98.8 Å². The lowest BCUT2D eigenvalue weighted by atomic mass is 9.90. The van der Waals surface area contributed by atoms with E-state index in [0.717, 1.165) is 82.0 Å². The lowest BCUT2D eigenvalue weighted by Gasteiger charge is -2.32. The molecule has 0 bridgehead atoms. The van der Waals surface area contributed by atoms with Gasteiger partial charge in [-0.1, -0.05) is 54.6 Å². The van der Waals surface area contributed by atoms with Crippen molar-refractivity contribution in [1.82, 2.24) is 9.80 Å². The predicted molar refractivity (Wildman–Crippen MR) is 164 cm³/mol. The Morgan fingerprint density at radius 1 is 0.805 bits per heavy atom. The van der Waals surface area contributed by atoms with Gasteiger partial charge in [0.25, 0.3) is 0 Å². The second-order valence-electron chi connectivity index (χ2n) is 11.9. The van der Waals surface area contributed by atoms with E-state index in [1.165, 1.54) is 42.0 Å². The van der Waals surface area contributed by atoms with Gasteiger partial charge in [0.2, 0.25) is 0 Å². The maximum absolute atomic E-state index is 13.1. The van der Waals surface area contributed by atoms with E-state index < -0.39 is 0 Å². The molecule has 5 nitrogen and oxygen atoms in total. The number of nitrogens with zero attached hydrogens (tertiary/aromatic N) is 2. The van der Waals surface area contributed by atoms with Crippen LogP contribution < -0.4 is 4.74 Å². The monoisotopic (exact) mass is 552 g/mol. The van der Waals surface area contributed by atoms with Gasteiger partial charge in [0.15, 0.2) is 5.78 Å². The normalized spacial score (nSPS) is 16.6. The van der Waals surface area contributed by atoms with Crippen LogP contribution in [0.2, 0.25) is 0 Å². The van der Waals surface area contributed by atoms with Gasteiger partial charge in [-0.15, -0.1) is 0 Å². The van der Waals surface area contributed by atoms with Crippen molar-refractivity contribution in [2.45, 2.75) is 71.9 Å². The molecule has 2 heterocycles. The molecule has 0 aromatic heterocycles. The highest BCUT2D eigenvalue weighted by Crippen LogP contribution is 2.26. The van der Waals surface area contributed by atoms with E-state index in [1.807, 2.05) is 30.3 Å². The maximum Gasteiger partial charge on any atom is 0.308 e. The number of carbonyl (C=O) groups excluding carboxylic acids is 2. The van der Waals surface area contributed by atoms with Crippen LogP contribution in [-0.2, 0) is 30.7 Å². The van der Waals surface area contributed by atoms with E-state index in [-0.39, 0.29) is 11.8 Å². The summed E-state index contributed by atoms with van der Waals surface area (Å²) in [6.07, 6.45) is 7.13. The van der Waals surface area contributed by atoms with Crippen LogP contribution in [0.15, 0.2) is 66.7 Å². The highest BCUT2D eigenvalue weighted by Gasteiger charge is 2.21. The number of esters is 1. The van der Waals surface area contributed by atoms with Crippen molar-refractivity contribution in [2.75, 3.05) is 26.2 Å². The zero-order chi connectivity index (χ0) is 28.6. The summed E-state index contributed by atoms with van der Waals surface area (Å²) in [5, 5.41) is 0. The summed E-state index contributed by atoms with van der Waals surface area (Å²) >= 11 is 0. The Morgan fingerprint density at radius 3 is 2.22 bits per heavy atom. The van der Waals surface area contributed by atoms with Crippen LogP contribution in [0.1, 0.15) is 77.2 Å². The van der Waals surface area contributed by atoms with E-state index in [4.69, 9.17) is 4.74 Å². The molecule has 1 fully saturated rings. The van der Waals surface area contributed by atoms with Gasteiger partial charge in [-0.2, -0.15) is 0 Å². The van der Waals surface area contributed by atoms with Gasteiger partial charge in [-0.25, -0.2) is 0 Å². The molecular weight excluding hydrogens is 508 g/mol. The van der Waals surface area contributed by atoms with E-state index >= 15 is 0 Å². The number of Topliss-reactive ketones (excluding diaryl/α,β-unsaturated/α-hetero) is 1. The minimum atomic E-state index is -0.294. The summed E-state index contributed by atoms with van der Waals surface area (Å²) in [4.78, 5) is 29.6. The van der Waals surface area contributed by atoms with Crippen molar-refractivity contribution in [2.24, 2.45) is 5.92 Å². The first-order chi connectivity index (χ1) is 19.9. The topological polar surface area (TPSA) is 49.9 Å². The van der Waals surface area contributed by atoms with Gasteiger partial charge in [-0.3, -0.25) is 19.4 Å². The highest BCUT2D eigenvalue weighted by molar-refractivity contribution is 5.96. The third-order valence-corrected chi connectivity index (χ3v) is 8.92. The van der Waals surface area contributed by atoms with Crippen LogP contribution in [0.25, 0.3) is 0 Å². The van der Waals surface area contributed by atoms with Gasteiger partial charge in [0.05, 0.1) is 0 Å². The number of ketones is 1. The minimum absolute atomic E-state index is 0.279. The average Bonchev–Trinajstić information content (AvgIpc) is 3.17. The number of likely N-dealkylation sites (tertiary alicyclic amines) is 1. The third-order valence-electron chi connectivity index (χ3n) is 8.92. The number of ether oxygens (including phenoxy) is 1. The number of hydrogen-bond donors (Lipinski definition) is 0. The fraction of sp³-hybridized carbons (Fsp3) is 0.444. The van der Waals surface area contributed by atoms with Crippen molar-refractivity contribution in [3.8, 4) is 5.75 Å². The smallest absolute Gasteiger partial charge is 0.308 e. The zero-order valence-corrected chi connectivity index (χ0v) is 24.7. The van der Waals surface area contributed by atoms with E-state index in [9.17, 15) is 9.59 Å². The van der Waals surface area contributed by atoms with Crippen molar-refractivity contribution in [1.29, 1.82) is 0 Å². The molecule has 216 valence electrons. The molecule has 3 aromatic rings. The molecule has 1 saturated heterocycles. The van der Waals surface area contributed by atoms with E-state index in [2.05, 4.69) is 53.1 Å². The van der Waals surface area contributed by atoms with E-state index in [1.54, 1.807) is 0 Å². The predicted octanol–water partition coefficient (Wildman–Crippen LogP) is 6.79. The Labute approximate surface area is 245 Å². The number of benzene rings is 3. The molecule has 3 aromatic carbocycles. The molecule has 0 aliphatic carbocycles. The van der Waals surface area contributed by atoms with Gasteiger partial charge < -0.3 is 4.74 Å². The quantitative estimate of drug-likeness (QED) is 0.158. The SMILES string of the molecule is CC(=O)Oc1ccccc1CN1CCc2ccc(C(=O)CCCC3CCN(Cc4ccccc4C)CC3)cc2CC1. The van der Waals surface area contributed by atoms with Gasteiger partial charge in [0, 0.05) is 50.7 Å². The van der Waals surface area contributed by atoms with Crippen LogP contribution in [0, 0.1) is 12.8 Å². The first-order valence-corrected chi connectivity index (χ1v) is 15.3. The Bertz CT molecular complexity index is 1340. The summed E-state index contributed by atoms with van der Waals surface area (Å²) < 4.78 is 5.42. The molecule has 5 heteroatoms. The van der Waals surface area contributed by atoms with Crippen molar-refractivity contribution in [3.63, 3.8) is 0 Å². The summed E-state index contributed by atoms with van der Waals surface area (Å²) in [5.74, 6) is 1.36. The van der Waals surface area contributed by atoms with Crippen LogP contribution in [0.3, 0.4) is 0 Å². The number of para-hydroxylation sites is 1. The molecule has 5 rings (SSSR count). The van der Waals surface area contributed by atoms with Crippen LogP contribution in [-0.4, -0.2) is 47.7 Å². The lowest BCUT2D eigenvalue weighted by molar-refractivity contribution is -0.131. The van der Waals surface area contributed by atoms with Crippen LogP contribution in [0.5, 0.6) is 5.75 Å². The van der Waals surface area contributed by atoms with Crippen molar-refractivity contribution < 1.29 is 14.3 Å². The molecular formula is C36H44N2O3. The molecule has 0 unspecified atom stereocenters. The van der Waals surface area contributed by atoms with Crippen LogP contribution in [0.4, 0.5) is 0 Å². The fourth-order valence-electron chi connectivity index (χ4n) is 6.39. The largest absolute Gasteiger partial charge is 0.426 e. The number of carbonyl (C=O) groups is 2. The number of aryl methyl sites for hydroxylation is 1. The Kier molecular flexibility index (Phi) is 10.0. The average molecular weight is 553 g/mol. The summed E-state index contributed by atoms with van der Waals surface area (Å²) in [6, 6.07) is 22.8. The van der Waals surface area contributed by atoms with Crippen molar-refractivity contribution >= 4 is 11.8 Å². The molecule has 0 atom stereocenters. The minimum Gasteiger partial charge on any atom is -0.426 e. The maximum atomic E-state index is 13.1. The summed E-state index contributed by atoms with van der Waals surface area (Å²) in [5.41, 5.74) is 7.36. The molecule has 0 saturated carbocycles. The van der Waals surface area contributed by atoms with Gasteiger partial charge in [0.1, 0.15) is 5.75 Å². The Morgan fingerprint density at radius 2 is 1.46 bits per heavy atom. The summed E-state index contributed by atoms with van der Waals surface area (Å²) in [6.45, 7) is 9.61. The first-order valence-electron chi connectivity index (χ1n) is 15.3. The van der Waals surface area contributed by atoms with Crippen molar-refractivity contribution in [3.05, 3.63) is 100 Å². The molecule has 0 radical (unpaired) electrons. The Hall–Kier alpha value is -3.28. The van der Waals surface area contributed by atoms with Gasteiger partial charge >= 0.3 is 5.97 Å². The highest BCUT2D eigenvalue weighted by atomic mass is 16.5. The lowest BCUT2D eigenvalue weighted by Crippen LogP contribution is -2.33. The number of fused-ring (bicyclic) bond motifs is 1. The van der Waals surface area contributed by atoms with E-state index in [0.29, 0.717) is 12.2 Å². The fourth-order valence-corrected chi connectivity index (χ4v) is 6.39.